The molecular formula is C10H8FNO. The highest BCUT2D eigenvalue weighted by atomic mass is 19.1. The molecule has 2 nitrogen and oxygen atoms in total. The van der Waals surface area contributed by atoms with E-state index in [2.05, 4.69) is 0 Å². The molecule has 0 bridgehead atoms. The van der Waals surface area contributed by atoms with Gasteiger partial charge in [-0.3, -0.25) is 4.79 Å². The van der Waals surface area contributed by atoms with Gasteiger partial charge in [-0.25, -0.2) is 0 Å². The number of aromatic nitrogens is 1. The van der Waals surface area contributed by atoms with Crippen molar-refractivity contribution in [2.45, 2.75) is 0 Å². The fourth-order valence-corrected chi connectivity index (χ4v) is 1.37. The first-order valence-electron chi connectivity index (χ1n) is 3.94. The molecule has 1 heterocycles. The van der Waals surface area contributed by atoms with E-state index in [4.69, 9.17) is 0 Å². The van der Waals surface area contributed by atoms with Gasteiger partial charge in [0.2, 0.25) is 0 Å². The van der Waals surface area contributed by atoms with Crippen LogP contribution in [0.15, 0.2) is 35.1 Å². The lowest BCUT2D eigenvalue weighted by Gasteiger charge is -2.04. The second-order valence-electron chi connectivity index (χ2n) is 2.91. The highest BCUT2D eigenvalue weighted by Crippen LogP contribution is 2.09. The summed E-state index contributed by atoms with van der Waals surface area (Å²) in [6.07, 6.45) is 0. The van der Waals surface area contributed by atoms with Crippen molar-refractivity contribution in [3.05, 3.63) is 46.5 Å². The molecule has 0 spiro atoms. The number of aryl methyl sites for hydroxylation is 1. The fraction of sp³-hybridized carbons (Fsp3) is 0.100. The Morgan fingerprint density at radius 2 is 2.00 bits per heavy atom. The number of para-hydroxylation sites is 1. The molecular weight excluding hydrogens is 169 g/mol. The lowest BCUT2D eigenvalue weighted by atomic mass is 10.2. The first-order chi connectivity index (χ1) is 6.20. The standard InChI is InChI=1S/C10H8FNO/c1-12-8-5-3-2-4-7(8)9(13)6-10(12)11/h2-6H,1H3. The van der Waals surface area contributed by atoms with Crippen LogP contribution in [0.3, 0.4) is 0 Å². The Kier molecular flexibility index (Phi) is 1.65. The number of hydrogen-bond donors (Lipinski definition) is 0. The summed E-state index contributed by atoms with van der Waals surface area (Å²) < 4.78 is 14.4. The van der Waals surface area contributed by atoms with E-state index in [1.807, 2.05) is 0 Å². The largest absolute Gasteiger partial charge is 0.321 e. The highest BCUT2D eigenvalue weighted by Gasteiger charge is 2.03. The normalized spacial score (nSPS) is 10.6. The number of nitrogens with zero attached hydrogens (tertiary/aromatic N) is 1. The van der Waals surface area contributed by atoms with Crippen molar-refractivity contribution in [2.75, 3.05) is 0 Å². The average molecular weight is 177 g/mol. The summed E-state index contributed by atoms with van der Waals surface area (Å²) in [7, 11) is 1.59. The number of benzene rings is 1. The van der Waals surface area contributed by atoms with Crippen LogP contribution in [0.1, 0.15) is 0 Å². The van der Waals surface area contributed by atoms with E-state index in [1.165, 1.54) is 4.57 Å². The smallest absolute Gasteiger partial charge is 0.197 e. The first kappa shape index (κ1) is 7.98. The lowest BCUT2D eigenvalue weighted by molar-refractivity contribution is 0.534. The fourth-order valence-electron chi connectivity index (χ4n) is 1.37. The zero-order valence-corrected chi connectivity index (χ0v) is 7.12. The second-order valence-corrected chi connectivity index (χ2v) is 2.91. The van der Waals surface area contributed by atoms with Crippen LogP contribution in [0.25, 0.3) is 10.9 Å². The predicted octanol–water partition coefficient (Wildman–Crippen LogP) is 1.68. The van der Waals surface area contributed by atoms with Gasteiger partial charge in [0.05, 0.1) is 5.52 Å². The molecule has 0 aliphatic heterocycles. The van der Waals surface area contributed by atoms with Gasteiger partial charge < -0.3 is 4.57 Å². The van der Waals surface area contributed by atoms with Crippen molar-refractivity contribution in [2.24, 2.45) is 7.05 Å². The molecule has 0 atom stereocenters. The maximum atomic E-state index is 13.1. The Morgan fingerprint density at radius 1 is 1.31 bits per heavy atom. The third-order valence-electron chi connectivity index (χ3n) is 2.10. The summed E-state index contributed by atoms with van der Waals surface area (Å²) in [4.78, 5) is 11.3. The van der Waals surface area contributed by atoms with Crippen LogP contribution in [-0.2, 0) is 7.05 Å². The number of fused-ring (bicyclic) bond motifs is 1. The van der Waals surface area contributed by atoms with E-state index in [0.29, 0.717) is 10.9 Å². The van der Waals surface area contributed by atoms with Gasteiger partial charge in [0.15, 0.2) is 11.4 Å². The predicted molar refractivity (Wildman–Crippen MR) is 49.1 cm³/mol. The molecule has 0 aliphatic carbocycles. The van der Waals surface area contributed by atoms with Crippen molar-refractivity contribution in [3.8, 4) is 0 Å². The maximum absolute atomic E-state index is 13.1. The van der Waals surface area contributed by atoms with Gasteiger partial charge in [0.25, 0.3) is 0 Å². The Balaban J connectivity index is 3.06. The van der Waals surface area contributed by atoms with Gasteiger partial charge in [-0.2, -0.15) is 4.39 Å². The zero-order valence-electron chi connectivity index (χ0n) is 7.12. The molecule has 2 aromatic rings. The third kappa shape index (κ3) is 1.13. The average Bonchev–Trinajstić information content (AvgIpc) is 2.15. The summed E-state index contributed by atoms with van der Waals surface area (Å²) in [6.45, 7) is 0. The van der Waals surface area contributed by atoms with Crippen molar-refractivity contribution >= 4 is 10.9 Å². The number of hydrogen-bond acceptors (Lipinski definition) is 1. The maximum Gasteiger partial charge on any atom is 0.197 e. The molecule has 0 radical (unpaired) electrons. The summed E-state index contributed by atoms with van der Waals surface area (Å²) in [5, 5.41) is 0.548. The van der Waals surface area contributed by atoms with E-state index in [1.54, 1.807) is 31.3 Å². The van der Waals surface area contributed by atoms with Crippen LogP contribution in [-0.4, -0.2) is 4.57 Å². The summed E-state index contributed by atoms with van der Waals surface area (Å²) in [5.41, 5.74) is 0.346. The molecule has 1 aromatic carbocycles. The molecule has 0 saturated carbocycles. The quantitative estimate of drug-likeness (QED) is 0.561. The molecule has 66 valence electrons. The molecule has 13 heavy (non-hydrogen) atoms. The van der Waals surface area contributed by atoms with Gasteiger partial charge in [0, 0.05) is 18.5 Å². The van der Waals surface area contributed by atoms with Gasteiger partial charge in [-0.1, -0.05) is 12.1 Å². The summed E-state index contributed by atoms with van der Waals surface area (Å²) in [6, 6.07) is 7.96. The zero-order chi connectivity index (χ0) is 9.42. The summed E-state index contributed by atoms with van der Waals surface area (Å²) in [5.74, 6) is -0.510. The van der Waals surface area contributed by atoms with Gasteiger partial charge in [-0.05, 0) is 12.1 Å². The summed E-state index contributed by atoms with van der Waals surface area (Å²) >= 11 is 0. The van der Waals surface area contributed by atoms with Crippen LogP contribution >= 0.6 is 0 Å². The molecule has 2 rings (SSSR count). The van der Waals surface area contributed by atoms with Crippen molar-refractivity contribution < 1.29 is 4.39 Å². The minimum Gasteiger partial charge on any atom is -0.321 e. The highest BCUT2D eigenvalue weighted by molar-refractivity contribution is 5.78. The Morgan fingerprint density at radius 3 is 2.77 bits per heavy atom. The Bertz CT molecular complexity index is 516. The minimum absolute atomic E-state index is 0.272. The van der Waals surface area contributed by atoms with Crippen LogP contribution < -0.4 is 5.43 Å². The van der Waals surface area contributed by atoms with Crippen LogP contribution in [0.4, 0.5) is 4.39 Å². The Hall–Kier alpha value is -1.64. The molecule has 0 saturated heterocycles. The Labute approximate surface area is 74.2 Å². The van der Waals surface area contributed by atoms with Crippen LogP contribution in [0.2, 0.25) is 0 Å². The van der Waals surface area contributed by atoms with Crippen molar-refractivity contribution in [1.82, 2.24) is 4.57 Å². The lowest BCUT2D eigenvalue weighted by Crippen LogP contribution is -2.09. The van der Waals surface area contributed by atoms with Crippen molar-refractivity contribution in [1.29, 1.82) is 0 Å². The van der Waals surface area contributed by atoms with Crippen molar-refractivity contribution in [3.63, 3.8) is 0 Å². The number of halogens is 1. The number of rotatable bonds is 0. The van der Waals surface area contributed by atoms with Crippen LogP contribution in [0.5, 0.6) is 0 Å². The molecule has 1 aromatic heterocycles. The molecule has 0 N–H and O–H groups in total. The van der Waals surface area contributed by atoms with E-state index in [9.17, 15) is 9.18 Å². The van der Waals surface area contributed by atoms with E-state index >= 15 is 0 Å². The second kappa shape index (κ2) is 2.69. The topological polar surface area (TPSA) is 22.0 Å². The SMILES string of the molecule is Cn1c(F)cc(=O)c2ccccc21. The number of pyridine rings is 1. The molecule has 0 amide bonds. The van der Waals surface area contributed by atoms with Gasteiger partial charge in [-0.15, -0.1) is 0 Å². The minimum atomic E-state index is -0.510. The van der Waals surface area contributed by atoms with E-state index < -0.39 is 5.95 Å². The first-order valence-corrected chi connectivity index (χ1v) is 3.94. The molecule has 0 unspecified atom stereocenters. The van der Waals surface area contributed by atoms with Gasteiger partial charge >= 0.3 is 0 Å². The van der Waals surface area contributed by atoms with E-state index in [0.717, 1.165) is 6.07 Å². The monoisotopic (exact) mass is 177 g/mol. The van der Waals surface area contributed by atoms with Gasteiger partial charge in [0.1, 0.15) is 0 Å². The van der Waals surface area contributed by atoms with Crippen LogP contribution in [0, 0.1) is 5.95 Å². The third-order valence-corrected chi connectivity index (χ3v) is 2.10. The van der Waals surface area contributed by atoms with E-state index in [-0.39, 0.29) is 5.43 Å². The molecule has 3 heteroatoms. The molecule has 0 fully saturated rings. The molecule has 0 aliphatic rings.